The van der Waals surface area contributed by atoms with Crippen molar-refractivity contribution in [3.8, 4) is 17.2 Å². The van der Waals surface area contributed by atoms with Crippen molar-refractivity contribution in [3.05, 3.63) is 76.1 Å². The van der Waals surface area contributed by atoms with Crippen molar-refractivity contribution in [2.45, 2.75) is 39.2 Å². The molecule has 4 aromatic rings. The lowest BCUT2D eigenvalue weighted by Gasteiger charge is -2.13. The molecule has 1 aromatic heterocycles. The lowest BCUT2D eigenvalue weighted by molar-refractivity contribution is 0.284. The fourth-order valence-corrected chi connectivity index (χ4v) is 3.40. The smallest absolute Gasteiger partial charge is 0.344 e. The van der Waals surface area contributed by atoms with Crippen LogP contribution in [-0.4, -0.2) is 14.2 Å². The molecule has 5 heteroatoms. The van der Waals surface area contributed by atoms with Crippen LogP contribution in [0.25, 0.3) is 21.7 Å². The molecule has 0 amide bonds. The average molecular weight is 433 g/mol. The molecule has 0 radical (unpaired) electrons. The maximum absolute atomic E-state index is 12.5. The van der Waals surface area contributed by atoms with Gasteiger partial charge >= 0.3 is 5.63 Å². The normalized spacial score (nSPS) is 12.2. The second kappa shape index (κ2) is 9.77. The van der Waals surface area contributed by atoms with Crippen LogP contribution in [0.5, 0.6) is 17.2 Å². The highest BCUT2D eigenvalue weighted by Gasteiger charge is 2.14. The number of aryl methyl sites for hydroxylation is 1. The summed E-state index contributed by atoms with van der Waals surface area (Å²) < 4.78 is 22.4. The predicted octanol–water partition coefficient (Wildman–Crippen LogP) is 6.28. The van der Waals surface area contributed by atoms with E-state index in [1.807, 2.05) is 48.5 Å². The molecule has 0 unspecified atom stereocenters. The van der Waals surface area contributed by atoms with Gasteiger partial charge in [-0.1, -0.05) is 50.5 Å². The quantitative estimate of drug-likeness (QED) is 0.265. The minimum Gasteiger partial charge on any atom is -0.497 e. The molecule has 5 rings (SSSR count). The van der Waals surface area contributed by atoms with Crippen molar-refractivity contribution in [1.29, 1.82) is 0 Å². The van der Waals surface area contributed by atoms with E-state index in [-0.39, 0.29) is 5.63 Å². The van der Waals surface area contributed by atoms with Crippen molar-refractivity contribution >= 4 is 21.7 Å². The molecule has 166 valence electrons. The Hall–Kier alpha value is -3.47. The van der Waals surface area contributed by atoms with E-state index in [0.717, 1.165) is 34.1 Å². The van der Waals surface area contributed by atoms with Gasteiger partial charge < -0.3 is 18.6 Å². The van der Waals surface area contributed by atoms with Crippen molar-refractivity contribution in [1.82, 2.24) is 0 Å². The molecule has 0 saturated heterocycles. The Bertz CT molecular complexity index is 1280. The lowest BCUT2D eigenvalue weighted by atomic mass is 10.0. The van der Waals surface area contributed by atoms with Gasteiger partial charge in [0.25, 0.3) is 0 Å². The molecular formula is C27H28O5. The van der Waals surface area contributed by atoms with Crippen molar-refractivity contribution in [2.24, 2.45) is 0 Å². The van der Waals surface area contributed by atoms with Gasteiger partial charge in [0.2, 0.25) is 0 Å². The first-order chi connectivity index (χ1) is 15.6. The zero-order valence-corrected chi connectivity index (χ0v) is 18.8. The zero-order chi connectivity index (χ0) is 22.5. The topological polar surface area (TPSA) is 57.9 Å². The van der Waals surface area contributed by atoms with E-state index >= 15 is 0 Å². The standard InChI is InChI=1S/C24H22O5.C3H6/c1-4-15-8-9-18-19-12-22(27-3)23(13-21(19)29-24(25)20(18)11-15)28-14-16-6-5-7-17(10-16)26-2;1-2-3-1/h5-13H,4,14H2,1-3H3;1-3H2. The van der Waals surface area contributed by atoms with Gasteiger partial charge in [-0.25, -0.2) is 4.79 Å². The molecule has 1 heterocycles. The van der Waals surface area contributed by atoms with Gasteiger partial charge in [-0.3, -0.25) is 0 Å². The molecule has 0 atom stereocenters. The number of ether oxygens (including phenoxy) is 3. The maximum Gasteiger partial charge on any atom is 0.344 e. The van der Waals surface area contributed by atoms with Crippen LogP contribution in [0.4, 0.5) is 0 Å². The molecule has 1 fully saturated rings. The molecule has 1 aliphatic rings. The van der Waals surface area contributed by atoms with Crippen LogP contribution in [0.3, 0.4) is 0 Å². The van der Waals surface area contributed by atoms with E-state index in [0.29, 0.717) is 29.1 Å². The third-order valence-electron chi connectivity index (χ3n) is 5.35. The maximum atomic E-state index is 12.5. The summed E-state index contributed by atoms with van der Waals surface area (Å²) in [6.45, 7) is 2.38. The van der Waals surface area contributed by atoms with Gasteiger partial charge in [0.05, 0.1) is 19.6 Å². The molecule has 1 saturated carbocycles. The number of hydrogen-bond donors (Lipinski definition) is 0. The van der Waals surface area contributed by atoms with Gasteiger partial charge in [-0.15, -0.1) is 0 Å². The van der Waals surface area contributed by atoms with Crippen LogP contribution in [0, 0.1) is 0 Å². The largest absolute Gasteiger partial charge is 0.497 e. The second-order valence-corrected chi connectivity index (χ2v) is 7.82. The van der Waals surface area contributed by atoms with Gasteiger partial charge in [0.1, 0.15) is 17.9 Å². The van der Waals surface area contributed by atoms with E-state index in [4.69, 9.17) is 18.6 Å². The summed E-state index contributed by atoms with van der Waals surface area (Å²) in [5, 5.41) is 2.22. The highest BCUT2D eigenvalue weighted by atomic mass is 16.5. The number of hydrogen-bond acceptors (Lipinski definition) is 5. The molecule has 0 N–H and O–H groups in total. The van der Waals surface area contributed by atoms with E-state index < -0.39 is 0 Å². The zero-order valence-electron chi connectivity index (χ0n) is 18.8. The minimum absolute atomic E-state index is 0.330. The predicted molar refractivity (Wildman–Crippen MR) is 127 cm³/mol. The van der Waals surface area contributed by atoms with Gasteiger partial charge in [0.15, 0.2) is 11.5 Å². The minimum atomic E-state index is -0.355. The number of methoxy groups -OCH3 is 2. The fraction of sp³-hybridized carbons (Fsp3) is 0.296. The summed E-state index contributed by atoms with van der Waals surface area (Å²) in [6.07, 6.45) is 5.35. The van der Waals surface area contributed by atoms with Crippen LogP contribution < -0.4 is 19.8 Å². The van der Waals surface area contributed by atoms with Crippen molar-refractivity contribution < 1.29 is 18.6 Å². The van der Waals surface area contributed by atoms with Gasteiger partial charge in [-0.2, -0.15) is 0 Å². The highest BCUT2D eigenvalue weighted by molar-refractivity contribution is 6.05. The fourth-order valence-electron chi connectivity index (χ4n) is 3.40. The number of rotatable bonds is 6. The molecular weight excluding hydrogens is 404 g/mol. The summed E-state index contributed by atoms with van der Waals surface area (Å²) >= 11 is 0. The molecule has 0 aliphatic heterocycles. The van der Waals surface area contributed by atoms with Crippen LogP contribution >= 0.6 is 0 Å². The number of benzene rings is 3. The summed E-state index contributed by atoms with van der Waals surface area (Å²) in [7, 11) is 3.22. The lowest BCUT2D eigenvalue weighted by Crippen LogP contribution is -2.02. The van der Waals surface area contributed by atoms with E-state index in [1.54, 1.807) is 20.3 Å². The van der Waals surface area contributed by atoms with E-state index in [9.17, 15) is 4.79 Å². The average Bonchev–Trinajstić information content (AvgIpc) is 3.72. The van der Waals surface area contributed by atoms with E-state index in [2.05, 4.69) is 6.92 Å². The number of fused-ring (bicyclic) bond motifs is 3. The van der Waals surface area contributed by atoms with Crippen LogP contribution in [0.1, 0.15) is 37.3 Å². The molecule has 3 aromatic carbocycles. The SMILES string of the molecule is C1CC1.CCc1ccc2c(c1)c(=O)oc1cc(OCc3cccc(OC)c3)c(OC)cc12. The summed E-state index contributed by atoms with van der Waals surface area (Å²) in [5.74, 6) is 1.85. The first kappa shape index (κ1) is 21.8. The van der Waals surface area contributed by atoms with Crippen LogP contribution in [0.2, 0.25) is 0 Å². The molecule has 0 bridgehead atoms. The highest BCUT2D eigenvalue weighted by Crippen LogP contribution is 2.35. The van der Waals surface area contributed by atoms with Crippen LogP contribution in [-0.2, 0) is 13.0 Å². The van der Waals surface area contributed by atoms with Crippen LogP contribution in [0.15, 0.2) is 63.8 Å². The molecule has 5 nitrogen and oxygen atoms in total. The second-order valence-electron chi connectivity index (χ2n) is 7.82. The third-order valence-corrected chi connectivity index (χ3v) is 5.35. The molecule has 0 spiro atoms. The van der Waals surface area contributed by atoms with E-state index in [1.165, 1.54) is 19.3 Å². The molecule has 32 heavy (non-hydrogen) atoms. The Kier molecular flexibility index (Phi) is 6.64. The Labute approximate surface area is 187 Å². The van der Waals surface area contributed by atoms with Crippen molar-refractivity contribution in [3.63, 3.8) is 0 Å². The Morgan fingerprint density at radius 1 is 0.812 bits per heavy atom. The van der Waals surface area contributed by atoms with Crippen molar-refractivity contribution in [2.75, 3.05) is 14.2 Å². The first-order valence-corrected chi connectivity index (χ1v) is 11.0. The third kappa shape index (κ3) is 4.88. The van der Waals surface area contributed by atoms with Gasteiger partial charge in [-0.05, 0) is 41.8 Å². The van der Waals surface area contributed by atoms with Gasteiger partial charge in [0, 0.05) is 16.8 Å². The Morgan fingerprint density at radius 3 is 2.31 bits per heavy atom. The summed E-state index contributed by atoms with van der Waals surface area (Å²) in [5.41, 5.74) is 2.16. The molecule has 1 aliphatic carbocycles. The monoisotopic (exact) mass is 432 g/mol. The first-order valence-electron chi connectivity index (χ1n) is 11.0. The Morgan fingerprint density at radius 2 is 1.62 bits per heavy atom. The summed E-state index contributed by atoms with van der Waals surface area (Å²) in [6, 6.07) is 17.1. The summed E-state index contributed by atoms with van der Waals surface area (Å²) in [4.78, 5) is 12.5. The Balaban J connectivity index is 0.000000754.